The van der Waals surface area contributed by atoms with E-state index < -0.39 is 5.60 Å². The predicted molar refractivity (Wildman–Crippen MR) is 102 cm³/mol. The minimum absolute atomic E-state index is 0.119. The lowest BCUT2D eigenvalue weighted by atomic mass is 9.96. The van der Waals surface area contributed by atoms with Crippen molar-refractivity contribution in [2.75, 3.05) is 18.5 Å². The Kier molecular flexibility index (Phi) is 9.50. The number of nitrogens with one attached hydrogen (secondary N) is 1. The minimum Gasteiger partial charge on any atom is -0.477 e. The first kappa shape index (κ1) is 21.4. The van der Waals surface area contributed by atoms with Crippen molar-refractivity contribution in [2.45, 2.75) is 78.7 Å². The maximum Gasteiger partial charge on any atom is 0.256 e. The Morgan fingerprint density at radius 2 is 1.92 bits per heavy atom. The van der Waals surface area contributed by atoms with Crippen molar-refractivity contribution in [3.8, 4) is 5.88 Å². The number of rotatable bonds is 12. The van der Waals surface area contributed by atoms with E-state index in [1.54, 1.807) is 6.20 Å². The van der Waals surface area contributed by atoms with Gasteiger partial charge in [-0.1, -0.05) is 39.5 Å². The summed E-state index contributed by atoms with van der Waals surface area (Å²) in [6.07, 6.45) is 7.63. The van der Waals surface area contributed by atoms with Gasteiger partial charge in [0.05, 0.1) is 18.5 Å². The van der Waals surface area contributed by atoms with Gasteiger partial charge in [0.1, 0.15) is 5.60 Å². The second kappa shape index (κ2) is 11.1. The van der Waals surface area contributed by atoms with Gasteiger partial charge in [-0.05, 0) is 39.7 Å². The molecule has 0 bridgehead atoms. The Morgan fingerprint density at radius 1 is 1.20 bits per heavy atom. The Labute approximate surface area is 152 Å². The second-order valence-corrected chi connectivity index (χ2v) is 6.62. The summed E-state index contributed by atoms with van der Waals surface area (Å²) in [7, 11) is 0. The lowest BCUT2D eigenvalue weighted by molar-refractivity contribution is -0.139. The maximum atomic E-state index is 12.7. The van der Waals surface area contributed by atoms with E-state index in [9.17, 15) is 4.79 Å². The molecule has 1 aromatic rings. The first-order chi connectivity index (χ1) is 12.0. The molecule has 1 aromatic heterocycles. The SMILES string of the molecule is CCCCC[C@](C)(OCC)C(=O)Nc1cnc(OCCCC)c(C)c1. The van der Waals surface area contributed by atoms with Crippen LogP contribution < -0.4 is 10.1 Å². The number of carbonyl (C=O) groups is 1. The van der Waals surface area contributed by atoms with Crippen molar-refractivity contribution < 1.29 is 14.3 Å². The molecule has 25 heavy (non-hydrogen) atoms. The molecule has 5 heteroatoms. The minimum atomic E-state index is -0.811. The van der Waals surface area contributed by atoms with E-state index in [0.29, 0.717) is 31.2 Å². The summed E-state index contributed by atoms with van der Waals surface area (Å²) in [6, 6.07) is 1.89. The van der Waals surface area contributed by atoms with Gasteiger partial charge in [-0.2, -0.15) is 0 Å². The number of hydrogen-bond donors (Lipinski definition) is 1. The molecule has 0 aliphatic rings. The number of ether oxygens (including phenoxy) is 2. The van der Waals surface area contributed by atoms with Crippen molar-refractivity contribution in [1.29, 1.82) is 0 Å². The van der Waals surface area contributed by atoms with E-state index in [4.69, 9.17) is 9.47 Å². The Hall–Kier alpha value is -1.62. The third-order valence-electron chi connectivity index (χ3n) is 4.23. The Morgan fingerprint density at radius 3 is 2.52 bits per heavy atom. The molecule has 0 saturated carbocycles. The van der Waals surface area contributed by atoms with Crippen molar-refractivity contribution >= 4 is 11.6 Å². The molecule has 1 amide bonds. The number of pyridine rings is 1. The van der Waals surface area contributed by atoms with Crippen molar-refractivity contribution in [3.63, 3.8) is 0 Å². The van der Waals surface area contributed by atoms with Crippen LogP contribution in [0.3, 0.4) is 0 Å². The molecule has 0 saturated heterocycles. The summed E-state index contributed by atoms with van der Waals surface area (Å²) >= 11 is 0. The van der Waals surface area contributed by atoms with Crippen molar-refractivity contribution in [3.05, 3.63) is 17.8 Å². The number of unbranched alkanes of at least 4 members (excludes halogenated alkanes) is 3. The van der Waals surface area contributed by atoms with Crippen LogP contribution in [0, 0.1) is 6.92 Å². The monoisotopic (exact) mass is 350 g/mol. The van der Waals surface area contributed by atoms with Gasteiger partial charge in [0.25, 0.3) is 5.91 Å². The Bertz CT molecular complexity index is 534. The molecular formula is C20H34N2O3. The van der Waals surface area contributed by atoms with E-state index in [1.807, 2.05) is 26.8 Å². The van der Waals surface area contributed by atoms with Gasteiger partial charge in [-0.15, -0.1) is 0 Å². The molecule has 5 nitrogen and oxygen atoms in total. The maximum absolute atomic E-state index is 12.7. The number of aromatic nitrogens is 1. The molecule has 0 spiro atoms. The third-order valence-corrected chi connectivity index (χ3v) is 4.23. The van der Waals surface area contributed by atoms with Gasteiger partial charge in [0.15, 0.2) is 0 Å². The molecule has 142 valence electrons. The van der Waals surface area contributed by atoms with Gasteiger partial charge in [-0.3, -0.25) is 4.79 Å². The fourth-order valence-corrected chi connectivity index (χ4v) is 2.64. The van der Waals surface area contributed by atoms with Crippen LogP contribution in [0.4, 0.5) is 5.69 Å². The molecule has 0 radical (unpaired) electrons. The number of aryl methyl sites for hydroxylation is 1. The first-order valence-electron chi connectivity index (χ1n) is 9.51. The highest BCUT2D eigenvalue weighted by atomic mass is 16.5. The quantitative estimate of drug-likeness (QED) is 0.546. The van der Waals surface area contributed by atoms with Crippen molar-refractivity contribution in [2.24, 2.45) is 0 Å². The number of anilines is 1. The highest BCUT2D eigenvalue weighted by Crippen LogP contribution is 2.24. The second-order valence-electron chi connectivity index (χ2n) is 6.62. The molecule has 0 fully saturated rings. The molecule has 0 aliphatic carbocycles. The Balaban J connectivity index is 2.74. The molecule has 1 N–H and O–H groups in total. The van der Waals surface area contributed by atoms with Crippen LogP contribution in [0.15, 0.2) is 12.3 Å². The lowest BCUT2D eigenvalue weighted by Crippen LogP contribution is -2.42. The summed E-state index contributed by atoms with van der Waals surface area (Å²) < 4.78 is 11.4. The van der Waals surface area contributed by atoms with Gasteiger partial charge < -0.3 is 14.8 Å². The molecule has 0 aliphatic heterocycles. The fraction of sp³-hybridized carbons (Fsp3) is 0.700. The van der Waals surface area contributed by atoms with Gasteiger partial charge in [-0.25, -0.2) is 4.98 Å². The largest absolute Gasteiger partial charge is 0.477 e. The van der Waals surface area contributed by atoms with Crippen LogP contribution in [0.5, 0.6) is 5.88 Å². The lowest BCUT2D eigenvalue weighted by Gasteiger charge is -2.28. The zero-order valence-corrected chi connectivity index (χ0v) is 16.5. The van der Waals surface area contributed by atoms with E-state index in [-0.39, 0.29) is 5.91 Å². The highest BCUT2D eigenvalue weighted by Gasteiger charge is 2.33. The molecule has 0 unspecified atom stereocenters. The van der Waals surface area contributed by atoms with Crippen LogP contribution in [0.25, 0.3) is 0 Å². The average molecular weight is 351 g/mol. The average Bonchev–Trinajstić information content (AvgIpc) is 2.57. The molecule has 1 heterocycles. The summed E-state index contributed by atoms with van der Waals surface area (Å²) in [5.74, 6) is 0.508. The number of carbonyl (C=O) groups excluding carboxylic acids is 1. The molecule has 0 aromatic carbocycles. The molecule has 1 rings (SSSR count). The van der Waals surface area contributed by atoms with E-state index in [2.05, 4.69) is 24.1 Å². The summed E-state index contributed by atoms with van der Waals surface area (Å²) in [6.45, 7) is 11.2. The zero-order valence-electron chi connectivity index (χ0n) is 16.5. The number of amides is 1. The summed E-state index contributed by atoms with van der Waals surface area (Å²) in [4.78, 5) is 17.1. The first-order valence-corrected chi connectivity index (χ1v) is 9.51. The predicted octanol–water partition coefficient (Wildman–Crippen LogP) is 4.88. The molecular weight excluding hydrogens is 316 g/mol. The van der Waals surface area contributed by atoms with Gasteiger partial charge in [0, 0.05) is 12.2 Å². The van der Waals surface area contributed by atoms with E-state index >= 15 is 0 Å². The molecule has 1 atom stereocenters. The standard InChI is InChI=1S/C20H34N2O3/c1-6-9-11-12-20(5,25-8-3)19(23)22-17-14-16(4)18(21-15-17)24-13-10-7-2/h14-15H,6-13H2,1-5H3,(H,22,23)/t20-/m0/s1. The van der Waals surface area contributed by atoms with Crippen LogP contribution in [-0.2, 0) is 9.53 Å². The van der Waals surface area contributed by atoms with Crippen LogP contribution in [0.1, 0.15) is 71.8 Å². The van der Waals surface area contributed by atoms with Crippen LogP contribution >= 0.6 is 0 Å². The summed E-state index contributed by atoms with van der Waals surface area (Å²) in [5.41, 5.74) is 0.776. The highest BCUT2D eigenvalue weighted by molar-refractivity contribution is 5.97. The summed E-state index contributed by atoms with van der Waals surface area (Å²) in [5, 5.41) is 2.95. The smallest absolute Gasteiger partial charge is 0.256 e. The van der Waals surface area contributed by atoms with Crippen LogP contribution in [0.2, 0.25) is 0 Å². The normalized spacial score (nSPS) is 13.3. The topological polar surface area (TPSA) is 60.5 Å². The number of hydrogen-bond acceptors (Lipinski definition) is 4. The van der Waals surface area contributed by atoms with Gasteiger partial charge in [0.2, 0.25) is 5.88 Å². The third kappa shape index (κ3) is 7.02. The van der Waals surface area contributed by atoms with E-state index in [0.717, 1.165) is 37.7 Å². The van der Waals surface area contributed by atoms with Gasteiger partial charge >= 0.3 is 0 Å². The van der Waals surface area contributed by atoms with Crippen LogP contribution in [-0.4, -0.2) is 29.7 Å². The fourth-order valence-electron chi connectivity index (χ4n) is 2.64. The number of nitrogens with zero attached hydrogens (tertiary/aromatic N) is 1. The zero-order chi connectivity index (χ0) is 18.7. The van der Waals surface area contributed by atoms with Crippen molar-refractivity contribution in [1.82, 2.24) is 4.98 Å². The van der Waals surface area contributed by atoms with E-state index in [1.165, 1.54) is 0 Å².